The molecule has 0 radical (unpaired) electrons. The molecule has 142 valence electrons. The molecule has 5 nitrogen and oxygen atoms in total. The molecule has 0 bridgehead atoms. The molecule has 2 atom stereocenters. The normalized spacial score (nSPS) is 13.3. The highest BCUT2D eigenvalue weighted by Gasteiger charge is 2.17. The summed E-state index contributed by atoms with van der Waals surface area (Å²) in [6.45, 7) is 2.70. The molecule has 1 unspecified atom stereocenters. The van der Waals surface area contributed by atoms with E-state index in [2.05, 4.69) is 5.32 Å². The van der Waals surface area contributed by atoms with E-state index < -0.39 is 5.82 Å². The molecule has 0 spiro atoms. The second-order valence-corrected chi connectivity index (χ2v) is 6.76. The number of para-hydroxylation sites is 1. The molecule has 0 saturated heterocycles. The van der Waals surface area contributed by atoms with Crippen molar-refractivity contribution in [2.45, 2.75) is 19.5 Å². The van der Waals surface area contributed by atoms with Crippen molar-refractivity contribution in [1.29, 1.82) is 0 Å². The predicted octanol–water partition coefficient (Wildman–Crippen LogP) is 2.47. The Hall–Kier alpha value is -2.86. The minimum Gasteiger partial charge on any atom is -0.494 e. The number of nitrogens with one attached hydrogen (secondary N) is 2. The molecule has 0 aliphatic carbocycles. The molecule has 0 aliphatic rings. The van der Waals surface area contributed by atoms with Gasteiger partial charge in [0, 0.05) is 10.9 Å². The van der Waals surface area contributed by atoms with Crippen molar-refractivity contribution in [3.63, 3.8) is 0 Å². The summed E-state index contributed by atoms with van der Waals surface area (Å²) >= 11 is 0. The maximum atomic E-state index is 13.8. The Morgan fingerprint density at radius 2 is 2.04 bits per heavy atom. The van der Waals surface area contributed by atoms with E-state index in [0.29, 0.717) is 6.54 Å². The quantitative estimate of drug-likeness (QED) is 0.671. The first-order valence-corrected chi connectivity index (χ1v) is 8.88. The van der Waals surface area contributed by atoms with E-state index in [1.807, 2.05) is 44.3 Å². The first kappa shape index (κ1) is 18.9. The predicted molar refractivity (Wildman–Crippen MR) is 101 cm³/mol. The fourth-order valence-corrected chi connectivity index (χ4v) is 3.08. The summed E-state index contributed by atoms with van der Waals surface area (Å²) < 4.78 is 24.5. The summed E-state index contributed by atoms with van der Waals surface area (Å²) in [5, 5.41) is 3.97. The molecule has 0 saturated carbocycles. The van der Waals surface area contributed by atoms with Gasteiger partial charge in [0.15, 0.2) is 18.1 Å². The molecule has 6 heteroatoms. The lowest BCUT2D eigenvalue weighted by Crippen LogP contribution is -3.08. The number of quaternary nitrogens is 1. The number of methoxy groups -OCH3 is 1. The Bertz CT molecular complexity index is 905. The third-order valence-electron chi connectivity index (χ3n) is 4.43. The van der Waals surface area contributed by atoms with Crippen LogP contribution in [0.2, 0.25) is 0 Å². The molecule has 1 aromatic heterocycles. The van der Waals surface area contributed by atoms with Crippen molar-refractivity contribution >= 4 is 16.9 Å². The minimum absolute atomic E-state index is 0.0885. The topological polar surface area (TPSA) is 55.9 Å². The highest BCUT2D eigenvalue weighted by molar-refractivity contribution is 5.79. The van der Waals surface area contributed by atoms with E-state index >= 15 is 0 Å². The zero-order chi connectivity index (χ0) is 19.4. The Morgan fingerprint density at radius 1 is 1.26 bits per heavy atom. The first-order chi connectivity index (χ1) is 13.0. The fourth-order valence-electron chi connectivity index (χ4n) is 3.08. The van der Waals surface area contributed by atoms with Gasteiger partial charge in [-0.25, -0.2) is 4.39 Å². The number of furan rings is 1. The number of amides is 1. The van der Waals surface area contributed by atoms with Crippen molar-refractivity contribution in [3.8, 4) is 5.75 Å². The Labute approximate surface area is 157 Å². The number of carbonyl (C=O) groups excluding carboxylic acids is 1. The Morgan fingerprint density at radius 3 is 2.74 bits per heavy atom. The number of rotatable bonds is 7. The van der Waals surface area contributed by atoms with Crippen molar-refractivity contribution in [2.24, 2.45) is 0 Å². The number of hydrogen-bond acceptors (Lipinski definition) is 3. The molecule has 1 amide bonds. The van der Waals surface area contributed by atoms with Gasteiger partial charge in [-0.15, -0.1) is 0 Å². The van der Waals surface area contributed by atoms with Gasteiger partial charge in [0.05, 0.1) is 20.2 Å². The van der Waals surface area contributed by atoms with Crippen LogP contribution in [0.5, 0.6) is 5.75 Å². The van der Waals surface area contributed by atoms with Gasteiger partial charge in [0.2, 0.25) is 0 Å². The van der Waals surface area contributed by atoms with Crippen LogP contribution >= 0.6 is 0 Å². The summed E-state index contributed by atoms with van der Waals surface area (Å²) in [5.41, 5.74) is 1.61. The average Bonchev–Trinajstić information content (AvgIpc) is 3.06. The van der Waals surface area contributed by atoms with Gasteiger partial charge in [-0.2, -0.15) is 0 Å². The highest BCUT2D eigenvalue weighted by atomic mass is 19.1. The van der Waals surface area contributed by atoms with Gasteiger partial charge >= 0.3 is 0 Å². The Kier molecular flexibility index (Phi) is 5.76. The number of benzene rings is 2. The standard InChI is InChI=1S/C21H23FN2O3/c1-14(20-11-16-6-4-5-7-18(16)27-20)23-21(25)13-24(2)12-15-8-9-19(26-3)17(22)10-15/h4-11,14H,12-13H2,1-3H3,(H,23,25)/p+1/t14-/m1/s1. The van der Waals surface area contributed by atoms with E-state index in [1.165, 1.54) is 13.2 Å². The largest absolute Gasteiger partial charge is 0.494 e. The van der Waals surface area contributed by atoms with E-state index in [9.17, 15) is 9.18 Å². The molecule has 3 aromatic rings. The number of likely N-dealkylation sites (N-methyl/N-ethyl adjacent to an activating group) is 1. The maximum absolute atomic E-state index is 13.8. The highest BCUT2D eigenvalue weighted by Crippen LogP contribution is 2.23. The van der Waals surface area contributed by atoms with Crippen molar-refractivity contribution in [2.75, 3.05) is 20.7 Å². The van der Waals surface area contributed by atoms with E-state index in [0.717, 1.165) is 27.2 Å². The van der Waals surface area contributed by atoms with Crippen LogP contribution in [-0.2, 0) is 11.3 Å². The van der Waals surface area contributed by atoms with E-state index in [-0.39, 0.29) is 24.2 Å². The smallest absolute Gasteiger partial charge is 0.275 e. The SMILES string of the molecule is COc1ccc(C[NH+](C)CC(=O)N[C@H](C)c2cc3ccccc3o2)cc1F. The summed E-state index contributed by atoms with van der Waals surface area (Å²) in [6, 6.07) is 14.3. The lowest BCUT2D eigenvalue weighted by Gasteiger charge is -2.16. The van der Waals surface area contributed by atoms with E-state index in [4.69, 9.17) is 9.15 Å². The molecule has 0 fully saturated rings. The molecule has 3 rings (SSSR count). The van der Waals surface area contributed by atoms with Crippen LogP contribution in [0.25, 0.3) is 11.0 Å². The minimum atomic E-state index is -0.397. The summed E-state index contributed by atoms with van der Waals surface area (Å²) in [4.78, 5) is 13.3. The van der Waals surface area contributed by atoms with Crippen LogP contribution in [0.3, 0.4) is 0 Å². The third-order valence-corrected chi connectivity index (χ3v) is 4.43. The molecule has 1 heterocycles. The van der Waals surface area contributed by atoms with Gasteiger partial charge < -0.3 is 19.4 Å². The van der Waals surface area contributed by atoms with Crippen LogP contribution < -0.4 is 15.0 Å². The maximum Gasteiger partial charge on any atom is 0.275 e. The molecule has 0 aliphatic heterocycles. The van der Waals surface area contributed by atoms with Crippen molar-refractivity contribution < 1.29 is 23.2 Å². The van der Waals surface area contributed by atoms with Crippen LogP contribution in [0, 0.1) is 5.82 Å². The van der Waals surface area contributed by atoms with Crippen molar-refractivity contribution in [1.82, 2.24) is 5.32 Å². The lowest BCUT2D eigenvalue weighted by atomic mass is 10.2. The fraction of sp³-hybridized carbons (Fsp3) is 0.286. The van der Waals surface area contributed by atoms with Crippen LogP contribution in [0.15, 0.2) is 52.9 Å². The Balaban J connectivity index is 1.55. The van der Waals surface area contributed by atoms with Crippen LogP contribution in [-0.4, -0.2) is 26.6 Å². The first-order valence-electron chi connectivity index (χ1n) is 8.88. The van der Waals surface area contributed by atoms with Gasteiger partial charge in [0.25, 0.3) is 5.91 Å². The number of ether oxygens (including phenoxy) is 1. The average molecular weight is 371 g/mol. The van der Waals surface area contributed by atoms with Crippen LogP contribution in [0.4, 0.5) is 4.39 Å². The molecular weight excluding hydrogens is 347 g/mol. The van der Waals surface area contributed by atoms with Gasteiger partial charge in [-0.05, 0) is 37.3 Å². The number of carbonyl (C=O) groups is 1. The van der Waals surface area contributed by atoms with E-state index in [1.54, 1.807) is 12.1 Å². The third kappa shape index (κ3) is 4.65. The number of hydrogen-bond donors (Lipinski definition) is 2. The lowest BCUT2D eigenvalue weighted by molar-refractivity contribution is -0.885. The second-order valence-electron chi connectivity index (χ2n) is 6.76. The van der Waals surface area contributed by atoms with Crippen molar-refractivity contribution in [3.05, 3.63) is 65.7 Å². The summed E-state index contributed by atoms with van der Waals surface area (Å²) in [7, 11) is 3.33. The number of fused-ring (bicyclic) bond motifs is 1. The summed E-state index contributed by atoms with van der Waals surface area (Å²) in [6.07, 6.45) is 0. The molecular formula is C21H24FN2O3+. The zero-order valence-corrected chi connectivity index (χ0v) is 15.7. The zero-order valence-electron chi connectivity index (χ0n) is 15.7. The summed E-state index contributed by atoms with van der Waals surface area (Å²) in [5.74, 6) is 0.452. The number of halogens is 1. The molecule has 2 N–H and O–H groups in total. The van der Waals surface area contributed by atoms with Gasteiger partial charge in [-0.1, -0.05) is 18.2 Å². The molecule has 2 aromatic carbocycles. The second kappa shape index (κ2) is 8.22. The van der Waals surface area contributed by atoms with Gasteiger partial charge in [-0.3, -0.25) is 4.79 Å². The van der Waals surface area contributed by atoms with Gasteiger partial charge in [0.1, 0.15) is 17.9 Å². The van der Waals surface area contributed by atoms with Crippen LogP contribution in [0.1, 0.15) is 24.3 Å². The molecule has 27 heavy (non-hydrogen) atoms. The monoisotopic (exact) mass is 371 g/mol.